The number of H-pyrrole nitrogens is 1. The second-order valence-corrected chi connectivity index (χ2v) is 7.14. The quantitative estimate of drug-likeness (QED) is 0.793. The normalized spacial score (nSPS) is 17.7. The maximum absolute atomic E-state index is 13.0. The van der Waals surface area contributed by atoms with Crippen LogP contribution in [-0.4, -0.2) is 37.1 Å². The molecular formula is C19H23N5O. The molecule has 0 bridgehead atoms. The summed E-state index contributed by atoms with van der Waals surface area (Å²) < 4.78 is 1.85. The van der Waals surface area contributed by atoms with Gasteiger partial charge in [-0.1, -0.05) is 26.0 Å². The van der Waals surface area contributed by atoms with E-state index in [1.54, 1.807) is 6.20 Å². The number of carbonyl (C=O) groups is 1. The predicted molar refractivity (Wildman–Crippen MR) is 96.2 cm³/mol. The highest BCUT2D eigenvalue weighted by molar-refractivity contribution is 5.94. The number of fused-ring (bicyclic) bond motifs is 1. The number of rotatable bonds is 4. The minimum atomic E-state index is 0.00773. The van der Waals surface area contributed by atoms with Crippen molar-refractivity contribution in [1.82, 2.24) is 24.6 Å². The number of aromatic nitrogens is 4. The van der Waals surface area contributed by atoms with E-state index in [0.29, 0.717) is 11.5 Å². The van der Waals surface area contributed by atoms with E-state index in [-0.39, 0.29) is 11.9 Å². The van der Waals surface area contributed by atoms with Gasteiger partial charge >= 0.3 is 0 Å². The minimum absolute atomic E-state index is 0.00773. The van der Waals surface area contributed by atoms with E-state index in [1.165, 1.54) is 0 Å². The van der Waals surface area contributed by atoms with E-state index in [0.717, 1.165) is 42.8 Å². The molecule has 130 valence electrons. The zero-order valence-corrected chi connectivity index (χ0v) is 14.6. The van der Waals surface area contributed by atoms with Crippen molar-refractivity contribution in [3.8, 4) is 0 Å². The molecule has 0 aliphatic carbocycles. The first-order valence-electron chi connectivity index (χ1n) is 8.90. The lowest BCUT2D eigenvalue weighted by atomic mass is 10.2. The number of nitrogens with one attached hydrogen (secondary N) is 1. The van der Waals surface area contributed by atoms with Crippen LogP contribution in [0.25, 0.3) is 11.0 Å². The SMILES string of the molecule is CC(C)Cn1cc(C(=O)N2CCC[C@@H]2c2nc3ccccc3[nH]2)cn1. The van der Waals surface area contributed by atoms with Crippen molar-refractivity contribution in [3.05, 3.63) is 48.0 Å². The zero-order chi connectivity index (χ0) is 17.4. The first kappa shape index (κ1) is 15.9. The Balaban J connectivity index is 1.58. The third-order valence-corrected chi connectivity index (χ3v) is 4.67. The number of aromatic amines is 1. The van der Waals surface area contributed by atoms with Gasteiger partial charge in [-0.3, -0.25) is 9.48 Å². The van der Waals surface area contributed by atoms with Crippen molar-refractivity contribution in [3.63, 3.8) is 0 Å². The van der Waals surface area contributed by atoms with Crippen LogP contribution in [0.1, 0.15) is 48.9 Å². The molecule has 2 aromatic heterocycles. The lowest BCUT2D eigenvalue weighted by Crippen LogP contribution is -2.30. The van der Waals surface area contributed by atoms with Gasteiger partial charge in [-0.2, -0.15) is 5.10 Å². The molecule has 1 fully saturated rings. The van der Waals surface area contributed by atoms with Gasteiger partial charge < -0.3 is 9.88 Å². The first-order chi connectivity index (χ1) is 12.1. The van der Waals surface area contributed by atoms with Gasteiger partial charge in [0.25, 0.3) is 5.91 Å². The van der Waals surface area contributed by atoms with Crippen molar-refractivity contribution in [2.75, 3.05) is 6.54 Å². The number of carbonyl (C=O) groups excluding carboxylic acids is 1. The molecule has 0 saturated carbocycles. The fourth-order valence-corrected chi connectivity index (χ4v) is 3.54. The molecule has 1 aromatic carbocycles. The Hall–Kier alpha value is -2.63. The Labute approximate surface area is 146 Å². The van der Waals surface area contributed by atoms with Gasteiger partial charge in [0.1, 0.15) is 5.82 Å². The largest absolute Gasteiger partial charge is 0.340 e. The molecule has 3 heterocycles. The smallest absolute Gasteiger partial charge is 0.257 e. The van der Waals surface area contributed by atoms with Crippen LogP contribution in [0.2, 0.25) is 0 Å². The van der Waals surface area contributed by atoms with Gasteiger partial charge in [0, 0.05) is 19.3 Å². The van der Waals surface area contributed by atoms with Crippen LogP contribution in [0.15, 0.2) is 36.7 Å². The summed E-state index contributed by atoms with van der Waals surface area (Å²) in [4.78, 5) is 23.0. The number of imidazole rings is 1. The van der Waals surface area contributed by atoms with Gasteiger partial charge in [-0.05, 0) is 30.9 Å². The summed E-state index contributed by atoms with van der Waals surface area (Å²) in [6.07, 6.45) is 5.47. The fourth-order valence-electron chi connectivity index (χ4n) is 3.54. The molecule has 1 aliphatic heterocycles. The summed E-state index contributed by atoms with van der Waals surface area (Å²) in [6, 6.07) is 7.99. The van der Waals surface area contributed by atoms with E-state index in [4.69, 9.17) is 4.98 Å². The predicted octanol–water partition coefficient (Wildman–Crippen LogP) is 3.39. The van der Waals surface area contributed by atoms with Crippen molar-refractivity contribution in [2.45, 2.75) is 39.3 Å². The fraction of sp³-hybridized carbons (Fsp3) is 0.421. The standard InChI is InChI=1S/C19H23N5O/c1-13(2)11-23-12-14(10-20-23)19(25)24-9-5-8-17(24)18-21-15-6-3-4-7-16(15)22-18/h3-4,6-7,10,12-13,17H,5,8-9,11H2,1-2H3,(H,21,22)/t17-/m1/s1. The van der Waals surface area contributed by atoms with Crippen molar-refractivity contribution >= 4 is 16.9 Å². The molecule has 1 atom stereocenters. The number of nitrogens with zero attached hydrogens (tertiary/aromatic N) is 4. The zero-order valence-electron chi connectivity index (χ0n) is 14.6. The molecule has 1 aliphatic rings. The molecular weight excluding hydrogens is 314 g/mol. The topological polar surface area (TPSA) is 66.8 Å². The second-order valence-electron chi connectivity index (χ2n) is 7.14. The van der Waals surface area contributed by atoms with Crippen LogP contribution < -0.4 is 0 Å². The average molecular weight is 337 g/mol. The van der Waals surface area contributed by atoms with Gasteiger partial charge in [0.2, 0.25) is 0 Å². The molecule has 1 amide bonds. The van der Waals surface area contributed by atoms with E-state index in [1.807, 2.05) is 40.0 Å². The van der Waals surface area contributed by atoms with Crippen LogP contribution in [-0.2, 0) is 6.54 Å². The number of amides is 1. The summed E-state index contributed by atoms with van der Waals surface area (Å²) in [5.41, 5.74) is 2.62. The van der Waals surface area contributed by atoms with Crippen LogP contribution in [0, 0.1) is 5.92 Å². The molecule has 1 saturated heterocycles. The molecule has 3 aromatic rings. The molecule has 6 heteroatoms. The Bertz CT molecular complexity index is 861. The van der Waals surface area contributed by atoms with Crippen molar-refractivity contribution in [2.24, 2.45) is 5.92 Å². The maximum Gasteiger partial charge on any atom is 0.257 e. The number of hydrogen-bond acceptors (Lipinski definition) is 3. The molecule has 4 rings (SSSR count). The highest BCUT2D eigenvalue weighted by atomic mass is 16.2. The Kier molecular flexibility index (Phi) is 4.03. The number of para-hydroxylation sites is 2. The number of likely N-dealkylation sites (tertiary alicyclic amines) is 1. The van der Waals surface area contributed by atoms with E-state index in [2.05, 4.69) is 23.9 Å². The third-order valence-electron chi connectivity index (χ3n) is 4.67. The van der Waals surface area contributed by atoms with Crippen molar-refractivity contribution in [1.29, 1.82) is 0 Å². The maximum atomic E-state index is 13.0. The van der Waals surface area contributed by atoms with Gasteiger partial charge in [0.05, 0.1) is 28.8 Å². The van der Waals surface area contributed by atoms with Crippen molar-refractivity contribution < 1.29 is 4.79 Å². The molecule has 1 N–H and O–H groups in total. The first-order valence-corrected chi connectivity index (χ1v) is 8.90. The molecule has 0 spiro atoms. The Morgan fingerprint density at radius 2 is 2.20 bits per heavy atom. The summed E-state index contributed by atoms with van der Waals surface area (Å²) in [7, 11) is 0. The molecule has 0 radical (unpaired) electrons. The minimum Gasteiger partial charge on any atom is -0.340 e. The summed E-state index contributed by atoms with van der Waals surface area (Å²) >= 11 is 0. The summed E-state index contributed by atoms with van der Waals surface area (Å²) in [6.45, 7) is 5.86. The van der Waals surface area contributed by atoms with Crippen LogP contribution in [0.4, 0.5) is 0 Å². The monoisotopic (exact) mass is 337 g/mol. The lowest BCUT2D eigenvalue weighted by molar-refractivity contribution is 0.0730. The van der Waals surface area contributed by atoms with Gasteiger partial charge in [0.15, 0.2) is 0 Å². The highest BCUT2D eigenvalue weighted by Crippen LogP contribution is 2.32. The van der Waals surface area contributed by atoms with Crippen LogP contribution >= 0.6 is 0 Å². The van der Waals surface area contributed by atoms with Gasteiger partial charge in [-0.15, -0.1) is 0 Å². The number of hydrogen-bond donors (Lipinski definition) is 1. The van der Waals surface area contributed by atoms with Crippen LogP contribution in [0.5, 0.6) is 0 Å². The molecule has 25 heavy (non-hydrogen) atoms. The Morgan fingerprint density at radius 3 is 3.00 bits per heavy atom. The highest BCUT2D eigenvalue weighted by Gasteiger charge is 2.33. The van der Waals surface area contributed by atoms with Crippen LogP contribution in [0.3, 0.4) is 0 Å². The van der Waals surface area contributed by atoms with E-state index in [9.17, 15) is 4.79 Å². The number of benzene rings is 1. The lowest BCUT2D eigenvalue weighted by Gasteiger charge is -2.22. The third kappa shape index (κ3) is 3.04. The van der Waals surface area contributed by atoms with E-state index < -0.39 is 0 Å². The van der Waals surface area contributed by atoms with Gasteiger partial charge in [-0.25, -0.2) is 4.98 Å². The molecule has 6 nitrogen and oxygen atoms in total. The second kappa shape index (κ2) is 6.35. The Morgan fingerprint density at radius 1 is 1.36 bits per heavy atom. The summed E-state index contributed by atoms with van der Waals surface area (Å²) in [5.74, 6) is 1.41. The average Bonchev–Trinajstić information content (AvgIpc) is 3.31. The molecule has 0 unspecified atom stereocenters. The summed E-state index contributed by atoms with van der Waals surface area (Å²) in [5, 5.41) is 4.33. The van der Waals surface area contributed by atoms with E-state index >= 15 is 0 Å².